The van der Waals surface area contributed by atoms with Gasteiger partial charge in [0.1, 0.15) is 6.04 Å². The van der Waals surface area contributed by atoms with E-state index < -0.39 is 5.60 Å². The van der Waals surface area contributed by atoms with Crippen LogP contribution < -0.4 is 11.1 Å². The molecule has 0 aromatic heterocycles. The molecule has 4 nitrogen and oxygen atoms in total. The highest BCUT2D eigenvalue weighted by molar-refractivity contribution is 5.81. The minimum absolute atomic E-state index is 0.354. The van der Waals surface area contributed by atoms with Crippen molar-refractivity contribution < 1.29 is 9.53 Å². The molecule has 1 saturated heterocycles. The summed E-state index contributed by atoms with van der Waals surface area (Å²) >= 11 is 0. The molecule has 1 amide bonds. The lowest BCUT2D eigenvalue weighted by molar-refractivity contribution is -0.122. The average Bonchev–Trinajstić information content (AvgIpc) is 2.08. The van der Waals surface area contributed by atoms with Crippen molar-refractivity contribution in [2.24, 2.45) is 5.73 Å². The molecule has 1 rings (SSSR count). The third kappa shape index (κ3) is 1.12. The van der Waals surface area contributed by atoms with Gasteiger partial charge in [-0.25, -0.2) is 0 Å². The number of carbonyl (C=O) groups is 1. The Kier molecular flexibility index (Phi) is 1.66. The predicted octanol–water partition coefficient (Wildman–Crippen LogP) is -0.804. The number of nitrogens with one attached hydrogen (secondary N) is 1. The molecule has 0 aromatic carbocycles. The Morgan fingerprint density at radius 1 is 1.80 bits per heavy atom. The van der Waals surface area contributed by atoms with Crippen molar-refractivity contribution in [3.05, 3.63) is 0 Å². The lowest BCUT2D eigenvalue weighted by Gasteiger charge is -2.21. The van der Waals surface area contributed by atoms with Crippen molar-refractivity contribution in [1.82, 2.24) is 5.32 Å². The van der Waals surface area contributed by atoms with Gasteiger partial charge in [-0.15, -0.1) is 0 Å². The second-order valence-corrected chi connectivity index (χ2v) is 2.93. The summed E-state index contributed by atoms with van der Waals surface area (Å²) < 4.78 is 5.20. The van der Waals surface area contributed by atoms with Crippen LogP contribution >= 0.6 is 0 Å². The van der Waals surface area contributed by atoms with Gasteiger partial charge in [-0.3, -0.25) is 10.1 Å². The molecule has 4 heteroatoms. The molecule has 0 bridgehead atoms. The van der Waals surface area contributed by atoms with Crippen molar-refractivity contribution in [2.75, 3.05) is 6.73 Å². The first kappa shape index (κ1) is 7.50. The molecule has 0 radical (unpaired) electrons. The van der Waals surface area contributed by atoms with Gasteiger partial charge in [0, 0.05) is 0 Å². The predicted molar refractivity (Wildman–Crippen MR) is 36.1 cm³/mol. The van der Waals surface area contributed by atoms with Crippen LogP contribution in [0.2, 0.25) is 0 Å². The van der Waals surface area contributed by atoms with E-state index in [1.807, 2.05) is 13.8 Å². The maximum Gasteiger partial charge on any atom is 0.237 e. The second kappa shape index (κ2) is 2.21. The standard InChI is InChI=1S/C6H12N2O2/c1-6(2)4(5(7)9)8-3-10-6/h4,8H,3H2,1-2H3,(H2,7,9)/t4-/m1/s1. The van der Waals surface area contributed by atoms with Crippen molar-refractivity contribution in [3.63, 3.8) is 0 Å². The Bertz CT molecular complexity index is 156. The molecule has 1 atom stereocenters. The van der Waals surface area contributed by atoms with Crippen molar-refractivity contribution in [2.45, 2.75) is 25.5 Å². The van der Waals surface area contributed by atoms with E-state index in [2.05, 4.69) is 5.32 Å². The molecular formula is C6H12N2O2. The molecule has 0 spiro atoms. The third-order valence-electron chi connectivity index (χ3n) is 1.71. The SMILES string of the molecule is CC1(C)OCN[C@@H]1C(N)=O. The number of carbonyl (C=O) groups excluding carboxylic acids is 1. The molecule has 0 unspecified atom stereocenters. The minimum Gasteiger partial charge on any atom is -0.368 e. The van der Waals surface area contributed by atoms with Crippen molar-refractivity contribution in [1.29, 1.82) is 0 Å². The van der Waals surface area contributed by atoms with Crippen LogP contribution in [0.3, 0.4) is 0 Å². The van der Waals surface area contributed by atoms with Gasteiger partial charge in [0.05, 0.1) is 12.3 Å². The zero-order valence-corrected chi connectivity index (χ0v) is 6.18. The van der Waals surface area contributed by atoms with Crippen LogP contribution in [-0.4, -0.2) is 24.3 Å². The fourth-order valence-electron chi connectivity index (χ4n) is 1.08. The smallest absolute Gasteiger partial charge is 0.237 e. The zero-order chi connectivity index (χ0) is 7.78. The van der Waals surface area contributed by atoms with Gasteiger partial charge >= 0.3 is 0 Å². The molecule has 58 valence electrons. The van der Waals surface area contributed by atoms with Gasteiger partial charge in [-0.2, -0.15) is 0 Å². The molecule has 3 N–H and O–H groups in total. The molecule has 0 aromatic rings. The molecular weight excluding hydrogens is 132 g/mol. The fraction of sp³-hybridized carbons (Fsp3) is 0.833. The largest absolute Gasteiger partial charge is 0.368 e. The van der Waals surface area contributed by atoms with E-state index in [9.17, 15) is 4.79 Å². The molecule has 1 heterocycles. The normalized spacial score (nSPS) is 30.4. The van der Waals surface area contributed by atoms with Crippen LogP contribution in [0.25, 0.3) is 0 Å². The number of nitrogens with two attached hydrogens (primary N) is 1. The molecule has 1 fully saturated rings. The molecule has 0 saturated carbocycles. The number of rotatable bonds is 1. The van der Waals surface area contributed by atoms with Gasteiger partial charge in [0.25, 0.3) is 0 Å². The number of amides is 1. The Morgan fingerprint density at radius 2 is 2.40 bits per heavy atom. The Balaban J connectivity index is 2.68. The van der Waals surface area contributed by atoms with E-state index in [0.29, 0.717) is 6.73 Å². The number of primary amides is 1. The number of hydrogen-bond acceptors (Lipinski definition) is 3. The van der Waals surface area contributed by atoms with Crippen LogP contribution in [0.1, 0.15) is 13.8 Å². The summed E-state index contributed by atoms with van der Waals surface area (Å²) in [5.74, 6) is -0.359. The van der Waals surface area contributed by atoms with Gasteiger partial charge in [-0.1, -0.05) is 0 Å². The Labute approximate surface area is 59.7 Å². The summed E-state index contributed by atoms with van der Waals surface area (Å²) in [5.41, 5.74) is 4.64. The highest BCUT2D eigenvalue weighted by Gasteiger charge is 2.39. The molecule has 1 aliphatic rings. The van der Waals surface area contributed by atoms with Crippen molar-refractivity contribution in [3.8, 4) is 0 Å². The molecule has 1 aliphatic heterocycles. The number of hydrogen-bond donors (Lipinski definition) is 2. The highest BCUT2D eigenvalue weighted by atomic mass is 16.5. The Hall–Kier alpha value is -0.610. The van der Waals surface area contributed by atoms with Crippen molar-refractivity contribution >= 4 is 5.91 Å². The third-order valence-corrected chi connectivity index (χ3v) is 1.71. The summed E-state index contributed by atoms with van der Waals surface area (Å²) in [6.45, 7) is 4.07. The fourth-order valence-corrected chi connectivity index (χ4v) is 1.08. The topological polar surface area (TPSA) is 64.3 Å². The van der Waals surface area contributed by atoms with E-state index >= 15 is 0 Å². The van der Waals surface area contributed by atoms with Gasteiger partial charge in [0.15, 0.2) is 0 Å². The van der Waals surface area contributed by atoms with E-state index in [-0.39, 0.29) is 11.9 Å². The summed E-state index contributed by atoms with van der Waals surface area (Å²) in [7, 11) is 0. The van der Waals surface area contributed by atoms with Gasteiger partial charge in [-0.05, 0) is 13.8 Å². The summed E-state index contributed by atoms with van der Waals surface area (Å²) in [6.07, 6.45) is 0. The first-order chi connectivity index (χ1) is 4.54. The maximum absolute atomic E-state index is 10.7. The van der Waals surface area contributed by atoms with E-state index in [0.717, 1.165) is 0 Å². The van der Waals surface area contributed by atoms with Crippen LogP contribution in [0.5, 0.6) is 0 Å². The van der Waals surface area contributed by atoms with Crippen LogP contribution in [0.4, 0.5) is 0 Å². The van der Waals surface area contributed by atoms with E-state index in [4.69, 9.17) is 10.5 Å². The maximum atomic E-state index is 10.7. The minimum atomic E-state index is -0.453. The zero-order valence-electron chi connectivity index (χ0n) is 6.18. The number of ether oxygens (including phenoxy) is 1. The van der Waals surface area contributed by atoms with Gasteiger partial charge in [0.2, 0.25) is 5.91 Å². The first-order valence-electron chi connectivity index (χ1n) is 3.21. The monoisotopic (exact) mass is 144 g/mol. The second-order valence-electron chi connectivity index (χ2n) is 2.93. The Morgan fingerprint density at radius 3 is 2.60 bits per heavy atom. The average molecular weight is 144 g/mol. The highest BCUT2D eigenvalue weighted by Crippen LogP contribution is 2.18. The van der Waals surface area contributed by atoms with E-state index in [1.165, 1.54) is 0 Å². The van der Waals surface area contributed by atoms with Crippen LogP contribution in [0.15, 0.2) is 0 Å². The van der Waals surface area contributed by atoms with Gasteiger partial charge < -0.3 is 10.5 Å². The van der Waals surface area contributed by atoms with Crippen LogP contribution in [-0.2, 0) is 9.53 Å². The summed E-state index contributed by atoms with van der Waals surface area (Å²) in [6, 6.07) is -0.354. The summed E-state index contributed by atoms with van der Waals surface area (Å²) in [5, 5.41) is 2.85. The van der Waals surface area contributed by atoms with Crippen LogP contribution in [0, 0.1) is 0 Å². The molecule has 10 heavy (non-hydrogen) atoms. The van der Waals surface area contributed by atoms with E-state index in [1.54, 1.807) is 0 Å². The lowest BCUT2D eigenvalue weighted by Crippen LogP contribution is -2.48. The first-order valence-corrected chi connectivity index (χ1v) is 3.21. The lowest BCUT2D eigenvalue weighted by atomic mass is 10.00. The molecule has 0 aliphatic carbocycles. The quantitative estimate of drug-likeness (QED) is 0.506. The summed E-state index contributed by atoms with van der Waals surface area (Å²) in [4.78, 5) is 10.7.